The molecule has 0 heterocycles. The van der Waals surface area contributed by atoms with Gasteiger partial charge in [-0.15, -0.1) is 0 Å². The maximum atomic E-state index is 12.5. The molecule has 1 amide bonds. The number of likely N-dealkylation sites (N-methyl/N-ethyl adjacent to an activating group) is 2. The zero-order chi connectivity index (χ0) is 15.5. The molecular formula is C12H18ClN3O3S. The van der Waals surface area contributed by atoms with Gasteiger partial charge in [-0.05, 0) is 18.2 Å². The molecule has 0 radical (unpaired) electrons. The molecule has 112 valence electrons. The zero-order valence-electron chi connectivity index (χ0n) is 11.6. The topological polar surface area (TPSA) is 83.7 Å². The van der Waals surface area contributed by atoms with Crippen LogP contribution in [0.5, 0.6) is 0 Å². The van der Waals surface area contributed by atoms with E-state index in [1.807, 2.05) is 0 Å². The summed E-state index contributed by atoms with van der Waals surface area (Å²) in [5.74, 6) is -0.304. The van der Waals surface area contributed by atoms with Gasteiger partial charge in [0.15, 0.2) is 0 Å². The van der Waals surface area contributed by atoms with Crippen molar-refractivity contribution >= 4 is 33.2 Å². The summed E-state index contributed by atoms with van der Waals surface area (Å²) in [5.41, 5.74) is 5.92. The third kappa shape index (κ3) is 3.62. The highest BCUT2D eigenvalue weighted by Gasteiger charge is 2.27. The summed E-state index contributed by atoms with van der Waals surface area (Å²) in [6.07, 6.45) is 0. The monoisotopic (exact) mass is 319 g/mol. The average Bonchev–Trinajstić information content (AvgIpc) is 2.34. The molecule has 0 spiro atoms. The van der Waals surface area contributed by atoms with Gasteiger partial charge in [0.2, 0.25) is 15.9 Å². The second-order valence-electron chi connectivity index (χ2n) is 4.41. The van der Waals surface area contributed by atoms with Crippen molar-refractivity contribution < 1.29 is 13.2 Å². The molecule has 1 aromatic rings. The predicted octanol–water partition coefficient (Wildman–Crippen LogP) is 1.02. The van der Waals surface area contributed by atoms with Crippen molar-refractivity contribution in [1.29, 1.82) is 0 Å². The minimum atomic E-state index is -3.83. The number of carbonyl (C=O) groups excluding carboxylic acids is 1. The molecule has 0 aromatic heterocycles. The number of amides is 1. The van der Waals surface area contributed by atoms with Crippen LogP contribution in [0.15, 0.2) is 23.1 Å². The number of nitrogens with zero attached hydrogens (tertiary/aromatic N) is 2. The standard InChI is InChI=1S/C12H18ClN3O3S/c1-4-16(8-12(17)15(2)3)20(18,19)11-6-5-9(14)7-10(11)13/h5-7H,4,8,14H2,1-3H3. The number of carbonyl (C=O) groups is 1. The van der Waals surface area contributed by atoms with Crippen LogP contribution in [0.1, 0.15) is 6.92 Å². The van der Waals surface area contributed by atoms with Crippen LogP contribution in [0.25, 0.3) is 0 Å². The van der Waals surface area contributed by atoms with Gasteiger partial charge in [0.25, 0.3) is 0 Å². The van der Waals surface area contributed by atoms with E-state index in [0.29, 0.717) is 5.69 Å². The number of anilines is 1. The Morgan fingerprint density at radius 3 is 2.40 bits per heavy atom. The van der Waals surface area contributed by atoms with Gasteiger partial charge in [-0.2, -0.15) is 4.31 Å². The van der Waals surface area contributed by atoms with E-state index in [9.17, 15) is 13.2 Å². The van der Waals surface area contributed by atoms with E-state index in [1.165, 1.54) is 23.1 Å². The Morgan fingerprint density at radius 1 is 1.35 bits per heavy atom. The van der Waals surface area contributed by atoms with Crippen LogP contribution in [0.3, 0.4) is 0 Å². The molecule has 0 bridgehead atoms. The molecule has 1 rings (SSSR count). The fourth-order valence-corrected chi connectivity index (χ4v) is 3.45. The van der Waals surface area contributed by atoms with Crippen LogP contribution >= 0.6 is 11.6 Å². The van der Waals surface area contributed by atoms with Crippen LogP contribution in [-0.2, 0) is 14.8 Å². The average molecular weight is 320 g/mol. The molecule has 0 atom stereocenters. The summed E-state index contributed by atoms with van der Waals surface area (Å²) in [5, 5.41) is 0.0424. The highest BCUT2D eigenvalue weighted by Crippen LogP contribution is 2.26. The van der Waals surface area contributed by atoms with E-state index in [2.05, 4.69) is 0 Å². The maximum Gasteiger partial charge on any atom is 0.245 e. The minimum Gasteiger partial charge on any atom is -0.399 e. The maximum absolute atomic E-state index is 12.5. The van der Waals surface area contributed by atoms with Gasteiger partial charge in [0.1, 0.15) is 4.90 Å². The molecule has 0 saturated carbocycles. The van der Waals surface area contributed by atoms with Crippen LogP contribution < -0.4 is 5.73 Å². The SMILES string of the molecule is CCN(CC(=O)N(C)C)S(=O)(=O)c1ccc(N)cc1Cl. The summed E-state index contributed by atoms with van der Waals surface area (Å²) >= 11 is 5.93. The Balaban J connectivity index is 3.15. The molecule has 6 nitrogen and oxygen atoms in total. The third-order valence-electron chi connectivity index (χ3n) is 2.74. The molecule has 0 aliphatic rings. The van der Waals surface area contributed by atoms with E-state index in [0.717, 1.165) is 4.31 Å². The fourth-order valence-electron chi connectivity index (χ4n) is 1.52. The zero-order valence-corrected chi connectivity index (χ0v) is 13.2. The van der Waals surface area contributed by atoms with E-state index < -0.39 is 10.0 Å². The Hall–Kier alpha value is -1.31. The number of sulfonamides is 1. The van der Waals surface area contributed by atoms with Gasteiger partial charge < -0.3 is 10.6 Å². The molecule has 2 N–H and O–H groups in total. The fraction of sp³-hybridized carbons (Fsp3) is 0.417. The van der Waals surface area contributed by atoms with Gasteiger partial charge in [0, 0.05) is 26.3 Å². The number of benzene rings is 1. The number of nitrogens with two attached hydrogens (primary N) is 1. The molecular weight excluding hydrogens is 302 g/mol. The Bertz CT molecular complexity index is 602. The number of hydrogen-bond acceptors (Lipinski definition) is 4. The van der Waals surface area contributed by atoms with E-state index in [4.69, 9.17) is 17.3 Å². The quantitative estimate of drug-likeness (QED) is 0.821. The van der Waals surface area contributed by atoms with Crippen LogP contribution in [-0.4, -0.2) is 50.7 Å². The molecule has 0 unspecified atom stereocenters. The lowest BCUT2D eigenvalue weighted by Gasteiger charge is -2.22. The van der Waals surface area contributed by atoms with Gasteiger partial charge in [-0.25, -0.2) is 8.42 Å². The largest absolute Gasteiger partial charge is 0.399 e. The lowest BCUT2D eigenvalue weighted by molar-refractivity contribution is -0.128. The van der Waals surface area contributed by atoms with Crippen molar-refractivity contribution in [3.8, 4) is 0 Å². The second-order valence-corrected chi connectivity index (χ2v) is 6.72. The first kappa shape index (κ1) is 16.7. The van der Waals surface area contributed by atoms with E-state index in [-0.39, 0.29) is 28.9 Å². The van der Waals surface area contributed by atoms with E-state index in [1.54, 1.807) is 21.0 Å². The van der Waals surface area contributed by atoms with Crippen molar-refractivity contribution in [3.63, 3.8) is 0 Å². The summed E-state index contributed by atoms with van der Waals surface area (Å²) in [7, 11) is -0.692. The molecule has 1 aromatic carbocycles. The molecule has 0 fully saturated rings. The predicted molar refractivity (Wildman–Crippen MR) is 79.0 cm³/mol. The lowest BCUT2D eigenvalue weighted by atomic mass is 10.3. The van der Waals surface area contributed by atoms with Gasteiger partial charge in [0.05, 0.1) is 11.6 Å². The van der Waals surface area contributed by atoms with Crippen molar-refractivity contribution in [2.75, 3.05) is 32.9 Å². The van der Waals surface area contributed by atoms with Gasteiger partial charge >= 0.3 is 0 Å². The van der Waals surface area contributed by atoms with Crippen LogP contribution in [0.2, 0.25) is 5.02 Å². The number of hydrogen-bond donors (Lipinski definition) is 1. The first-order chi connectivity index (χ1) is 9.20. The normalized spacial score (nSPS) is 11.7. The van der Waals surface area contributed by atoms with Crippen LogP contribution in [0.4, 0.5) is 5.69 Å². The Morgan fingerprint density at radius 2 is 1.95 bits per heavy atom. The first-order valence-corrected chi connectivity index (χ1v) is 7.77. The highest BCUT2D eigenvalue weighted by molar-refractivity contribution is 7.89. The van der Waals surface area contributed by atoms with Crippen molar-refractivity contribution in [2.45, 2.75) is 11.8 Å². The van der Waals surface area contributed by atoms with Crippen molar-refractivity contribution in [2.24, 2.45) is 0 Å². The van der Waals surface area contributed by atoms with Crippen molar-refractivity contribution in [3.05, 3.63) is 23.2 Å². The number of halogens is 1. The lowest BCUT2D eigenvalue weighted by Crippen LogP contribution is -2.40. The van der Waals surface area contributed by atoms with Gasteiger partial charge in [-0.3, -0.25) is 4.79 Å². The summed E-state index contributed by atoms with van der Waals surface area (Å²) in [4.78, 5) is 13.0. The Labute approximate surface area is 124 Å². The first-order valence-electron chi connectivity index (χ1n) is 5.95. The Kier molecular flexibility index (Phi) is 5.38. The molecule has 0 aliphatic carbocycles. The smallest absolute Gasteiger partial charge is 0.245 e. The third-order valence-corrected chi connectivity index (χ3v) is 5.14. The second kappa shape index (κ2) is 6.43. The summed E-state index contributed by atoms with van der Waals surface area (Å²) in [6, 6.07) is 4.17. The summed E-state index contributed by atoms with van der Waals surface area (Å²) in [6.45, 7) is 1.60. The molecule has 20 heavy (non-hydrogen) atoms. The highest BCUT2D eigenvalue weighted by atomic mass is 35.5. The molecule has 0 saturated heterocycles. The minimum absolute atomic E-state index is 0.0424. The molecule has 0 aliphatic heterocycles. The number of nitrogen functional groups attached to an aromatic ring is 1. The molecule has 8 heteroatoms. The van der Waals surface area contributed by atoms with E-state index >= 15 is 0 Å². The summed E-state index contributed by atoms with van der Waals surface area (Å²) < 4.78 is 26.0. The van der Waals surface area contributed by atoms with Gasteiger partial charge in [-0.1, -0.05) is 18.5 Å². The number of rotatable bonds is 5. The van der Waals surface area contributed by atoms with Crippen molar-refractivity contribution in [1.82, 2.24) is 9.21 Å². The van der Waals surface area contributed by atoms with Crippen LogP contribution in [0, 0.1) is 0 Å².